The molecule has 0 fully saturated rings. The van der Waals surface area contributed by atoms with Crippen LogP contribution < -0.4 is 10.6 Å². The Labute approximate surface area is 114 Å². The van der Waals surface area contributed by atoms with Crippen molar-refractivity contribution in [2.45, 2.75) is 25.8 Å². The maximum absolute atomic E-state index is 11.6. The van der Waals surface area contributed by atoms with E-state index in [4.69, 9.17) is 5.11 Å². The largest absolute Gasteiger partial charge is 0.480 e. The normalized spacial score (nSPS) is 11.4. The van der Waals surface area contributed by atoms with Crippen LogP contribution in [0.1, 0.15) is 19.8 Å². The summed E-state index contributed by atoms with van der Waals surface area (Å²) in [7, 11) is 0. The fourth-order valence-electron chi connectivity index (χ4n) is 1.57. The number of nitro groups is 1. The van der Waals surface area contributed by atoms with E-state index in [0.29, 0.717) is 12.8 Å². The number of nitrogens with one attached hydrogen (secondary N) is 2. The number of carboxylic acid groups (broad SMARTS) is 1. The topological polar surface area (TPSA) is 122 Å². The van der Waals surface area contributed by atoms with Gasteiger partial charge in [0.2, 0.25) is 0 Å². The molecule has 8 heteroatoms. The van der Waals surface area contributed by atoms with Crippen molar-refractivity contribution in [1.82, 2.24) is 5.32 Å². The second-order valence-corrected chi connectivity index (χ2v) is 4.09. The number of amides is 2. The van der Waals surface area contributed by atoms with Crippen molar-refractivity contribution < 1.29 is 19.6 Å². The molecule has 0 aliphatic carbocycles. The van der Waals surface area contributed by atoms with Crippen molar-refractivity contribution in [3.8, 4) is 0 Å². The number of anilines is 1. The fraction of sp³-hybridized carbons (Fsp3) is 0.333. The van der Waals surface area contributed by atoms with E-state index in [2.05, 4.69) is 10.6 Å². The first-order valence-corrected chi connectivity index (χ1v) is 5.98. The lowest BCUT2D eigenvalue weighted by Gasteiger charge is -2.14. The highest BCUT2D eigenvalue weighted by Gasteiger charge is 2.18. The van der Waals surface area contributed by atoms with Crippen LogP contribution >= 0.6 is 0 Å². The number of urea groups is 1. The average molecular weight is 281 g/mol. The van der Waals surface area contributed by atoms with Crippen LogP contribution in [0.15, 0.2) is 24.3 Å². The van der Waals surface area contributed by atoms with E-state index in [0.717, 1.165) is 0 Å². The number of non-ortho nitro benzene ring substituents is 1. The molecule has 8 nitrogen and oxygen atoms in total. The Hall–Kier alpha value is -2.64. The summed E-state index contributed by atoms with van der Waals surface area (Å²) in [6, 6.07) is 3.68. The number of hydrogen-bond acceptors (Lipinski definition) is 4. The lowest BCUT2D eigenvalue weighted by atomic mass is 10.2. The highest BCUT2D eigenvalue weighted by atomic mass is 16.6. The number of carboxylic acids is 1. The third-order valence-corrected chi connectivity index (χ3v) is 2.50. The number of benzene rings is 1. The fourth-order valence-corrected chi connectivity index (χ4v) is 1.57. The molecule has 3 N–H and O–H groups in total. The lowest BCUT2D eigenvalue weighted by Crippen LogP contribution is -2.42. The first kappa shape index (κ1) is 15.4. The minimum atomic E-state index is -1.12. The maximum atomic E-state index is 11.6. The molecule has 1 atom stereocenters. The van der Waals surface area contributed by atoms with Gasteiger partial charge in [0.15, 0.2) is 0 Å². The zero-order valence-corrected chi connectivity index (χ0v) is 10.8. The molecule has 1 aromatic rings. The summed E-state index contributed by atoms with van der Waals surface area (Å²) < 4.78 is 0. The molecule has 108 valence electrons. The van der Waals surface area contributed by atoms with Crippen molar-refractivity contribution in [2.75, 3.05) is 5.32 Å². The van der Waals surface area contributed by atoms with Crippen LogP contribution in [0.5, 0.6) is 0 Å². The molecule has 0 bridgehead atoms. The van der Waals surface area contributed by atoms with E-state index in [9.17, 15) is 19.7 Å². The van der Waals surface area contributed by atoms with Gasteiger partial charge in [-0.2, -0.15) is 0 Å². The van der Waals surface area contributed by atoms with Gasteiger partial charge >= 0.3 is 12.0 Å². The van der Waals surface area contributed by atoms with E-state index in [1.54, 1.807) is 6.92 Å². The SMILES string of the molecule is CCC[C@@H](NC(=O)Nc1cccc([N+](=O)[O-])c1)C(=O)O. The molecule has 2 amide bonds. The zero-order valence-electron chi connectivity index (χ0n) is 10.8. The lowest BCUT2D eigenvalue weighted by molar-refractivity contribution is -0.384. The summed E-state index contributed by atoms with van der Waals surface area (Å²) in [5, 5.41) is 24.2. The van der Waals surface area contributed by atoms with Crippen LogP contribution in [-0.2, 0) is 4.79 Å². The summed E-state index contributed by atoms with van der Waals surface area (Å²) in [4.78, 5) is 32.5. The minimum Gasteiger partial charge on any atom is -0.480 e. The van der Waals surface area contributed by atoms with Crippen molar-refractivity contribution in [1.29, 1.82) is 0 Å². The van der Waals surface area contributed by atoms with E-state index in [-0.39, 0.29) is 11.4 Å². The second-order valence-electron chi connectivity index (χ2n) is 4.09. The molecule has 0 aliphatic heterocycles. The molecule has 0 heterocycles. The van der Waals surface area contributed by atoms with Gasteiger partial charge in [0.1, 0.15) is 6.04 Å². The van der Waals surface area contributed by atoms with E-state index >= 15 is 0 Å². The summed E-state index contributed by atoms with van der Waals surface area (Å²) in [6.45, 7) is 1.80. The van der Waals surface area contributed by atoms with Gasteiger partial charge in [-0.1, -0.05) is 19.4 Å². The number of hydrogen-bond donors (Lipinski definition) is 3. The number of carbonyl (C=O) groups is 2. The molecule has 0 saturated carbocycles. The van der Waals surface area contributed by atoms with Gasteiger partial charge < -0.3 is 15.7 Å². The first-order chi connectivity index (χ1) is 9.43. The van der Waals surface area contributed by atoms with E-state index in [1.165, 1.54) is 24.3 Å². The van der Waals surface area contributed by atoms with Crippen LogP contribution in [-0.4, -0.2) is 28.1 Å². The first-order valence-electron chi connectivity index (χ1n) is 5.98. The van der Waals surface area contributed by atoms with Crippen molar-refractivity contribution in [3.63, 3.8) is 0 Å². The molecule has 20 heavy (non-hydrogen) atoms. The van der Waals surface area contributed by atoms with Crippen LogP contribution in [0, 0.1) is 10.1 Å². The molecule has 1 aromatic carbocycles. The Morgan fingerprint density at radius 2 is 2.15 bits per heavy atom. The third-order valence-electron chi connectivity index (χ3n) is 2.50. The standard InChI is InChI=1S/C12H15N3O5/c1-2-4-10(11(16)17)14-12(18)13-8-5-3-6-9(7-8)15(19)20/h3,5-7,10H,2,4H2,1H3,(H,16,17)(H2,13,14,18)/t10-/m1/s1. The Kier molecular flexibility index (Phi) is 5.45. The summed E-state index contributed by atoms with van der Waals surface area (Å²) in [5.41, 5.74) is 0.0588. The van der Waals surface area contributed by atoms with E-state index in [1.807, 2.05) is 0 Å². The van der Waals surface area contributed by atoms with Crippen molar-refractivity contribution in [2.24, 2.45) is 0 Å². The monoisotopic (exact) mass is 281 g/mol. The number of nitrogens with zero attached hydrogens (tertiary/aromatic N) is 1. The highest BCUT2D eigenvalue weighted by molar-refractivity contribution is 5.92. The number of carbonyl (C=O) groups excluding carboxylic acids is 1. The summed E-state index contributed by atoms with van der Waals surface area (Å²) in [5.74, 6) is -1.12. The Morgan fingerprint density at radius 3 is 2.70 bits per heavy atom. The zero-order chi connectivity index (χ0) is 15.1. The predicted octanol–water partition coefficient (Wildman–Crippen LogP) is 1.97. The molecule has 0 aliphatic rings. The molecular weight excluding hydrogens is 266 g/mol. The Balaban J connectivity index is 2.68. The quantitative estimate of drug-likeness (QED) is 0.543. The minimum absolute atomic E-state index is 0.161. The highest BCUT2D eigenvalue weighted by Crippen LogP contribution is 2.16. The van der Waals surface area contributed by atoms with Gasteiger partial charge in [-0.3, -0.25) is 10.1 Å². The van der Waals surface area contributed by atoms with Crippen LogP contribution in [0.25, 0.3) is 0 Å². The third kappa shape index (κ3) is 4.56. The summed E-state index contributed by atoms with van der Waals surface area (Å²) >= 11 is 0. The summed E-state index contributed by atoms with van der Waals surface area (Å²) in [6.07, 6.45) is 0.908. The number of aliphatic carboxylic acids is 1. The van der Waals surface area contributed by atoms with Gasteiger partial charge in [-0.25, -0.2) is 9.59 Å². The van der Waals surface area contributed by atoms with Crippen LogP contribution in [0.2, 0.25) is 0 Å². The number of rotatable bonds is 6. The molecule has 0 unspecified atom stereocenters. The molecule has 0 spiro atoms. The van der Waals surface area contributed by atoms with Crippen molar-refractivity contribution >= 4 is 23.4 Å². The van der Waals surface area contributed by atoms with Gasteiger partial charge in [-0.15, -0.1) is 0 Å². The molecule has 0 aromatic heterocycles. The average Bonchev–Trinajstić information content (AvgIpc) is 2.38. The molecular formula is C12H15N3O5. The maximum Gasteiger partial charge on any atom is 0.326 e. The Morgan fingerprint density at radius 1 is 1.45 bits per heavy atom. The van der Waals surface area contributed by atoms with Gasteiger partial charge in [0, 0.05) is 17.8 Å². The smallest absolute Gasteiger partial charge is 0.326 e. The van der Waals surface area contributed by atoms with Gasteiger partial charge in [0.05, 0.1) is 4.92 Å². The van der Waals surface area contributed by atoms with Crippen molar-refractivity contribution in [3.05, 3.63) is 34.4 Å². The molecule has 0 saturated heterocycles. The van der Waals surface area contributed by atoms with Crippen LogP contribution in [0.3, 0.4) is 0 Å². The predicted molar refractivity (Wildman–Crippen MR) is 71.6 cm³/mol. The molecule has 0 radical (unpaired) electrons. The van der Waals surface area contributed by atoms with E-state index < -0.39 is 23.0 Å². The van der Waals surface area contributed by atoms with Gasteiger partial charge in [-0.05, 0) is 12.5 Å². The second kappa shape index (κ2) is 7.07. The molecule has 1 rings (SSSR count). The number of nitro benzene ring substituents is 1. The Bertz CT molecular complexity index is 518. The van der Waals surface area contributed by atoms with Crippen LogP contribution in [0.4, 0.5) is 16.2 Å². The van der Waals surface area contributed by atoms with Gasteiger partial charge in [0.25, 0.3) is 5.69 Å².